The number of benzene rings is 3. The molecular weight excluding hydrogens is 625 g/mol. The maximum absolute atomic E-state index is 14.0. The van der Waals surface area contributed by atoms with Crippen molar-refractivity contribution in [3.05, 3.63) is 98.4 Å². The topological polar surface area (TPSA) is 86.8 Å². The first-order chi connectivity index (χ1) is 18.5. The Morgan fingerprint density at radius 2 is 1.62 bits per heavy atom. The van der Waals surface area contributed by atoms with E-state index >= 15 is 0 Å². The maximum Gasteiger partial charge on any atom is 0.244 e. The molecule has 0 aliphatic carbocycles. The largest absolute Gasteiger partial charge is 0.354 e. The normalized spacial score (nSPS) is 12.0. The van der Waals surface area contributed by atoms with Crippen molar-refractivity contribution in [2.75, 3.05) is 23.7 Å². The van der Waals surface area contributed by atoms with E-state index in [1.165, 1.54) is 4.90 Å². The smallest absolute Gasteiger partial charge is 0.244 e. The Bertz CT molecular complexity index is 1390. The van der Waals surface area contributed by atoms with Gasteiger partial charge in [0, 0.05) is 39.6 Å². The van der Waals surface area contributed by atoms with Crippen molar-refractivity contribution in [3.63, 3.8) is 0 Å². The first kappa shape index (κ1) is 30.9. The van der Waals surface area contributed by atoms with Gasteiger partial charge in [-0.3, -0.25) is 13.9 Å². The lowest BCUT2D eigenvalue weighted by molar-refractivity contribution is -0.140. The van der Waals surface area contributed by atoms with Crippen molar-refractivity contribution in [2.45, 2.75) is 32.4 Å². The van der Waals surface area contributed by atoms with Crippen LogP contribution in [0, 0.1) is 0 Å². The van der Waals surface area contributed by atoms with E-state index in [4.69, 9.17) is 23.2 Å². The number of carbonyl (C=O) groups is 2. The first-order valence-electron chi connectivity index (χ1n) is 12.3. The molecule has 3 aromatic carbocycles. The Labute approximate surface area is 248 Å². The molecule has 3 rings (SSSR count). The average molecular weight is 655 g/mol. The van der Waals surface area contributed by atoms with Gasteiger partial charge in [-0.15, -0.1) is 0 Å². The summed E-state index contributed by atoms with van der Waals surface area (Å²) in [6, 6.07) is 20.0. The van der Waals surface area contributed by atoms with E-state index in [2.05, 4.69) is 21.2 Å². The van der Waals surface area contributed by atoms with E-state index in [9.17, 15) is 18.0 Å². The van der Waals surface area contributed by atoms with Crippen LogP contribution in [-0.2, 0) is 32.6 Å². The third-order valence-corrected chi connectivity index (χ3v) is 8.33. The van der Waals surface area contributed by atoms with E-state index in [0.717, 1.165) is 16.1 Å². The van der Waals surface area contributed by atoms with Gasteiger partial charge in [-0.2, -0.15) is 0 Å². The van der Waals surface area contributed by atoms with Crippen LogP contribution < -0.4 is 9.62 Å². The lowest BCUT2D eigenvalue weighted by Crippen LogP contribution is -2.53. The molecule has 0 heterocycles. The molecule has 0 aliphatic heterocycles. The number of hydrogen-bond donors (Lipinski definition) is 1. The lowest BCUT2D eigenvalue weighted by atomic mass is 10.0. The van der Waals surface area contributed by atoms with Crippen LogP contribution in [0.25, 0.3) is 0 Å². The highest BCUT2D eigenvalue weighted by Gasteiger charge is 2.33. The molecule has 0 unspecified atom stereocenters. The highest BCUT2D eigenvalue weighted by molar-refractivity contribution is 9.10. The maximum atomic E-state index is 14.0. The average Bonchev–Trinajstić information content (AvgIpc) is 2.89. The van der Waals surface area contributed by atoms with E-state index in [-0.39, 0.29) is 18.9 Å². The Morgan fingerprint density at radius 3 is 2.21 bits per heavy atom. The van der Waals surface area contributed by atoms with Crippen LogP contribution in [0.4, 0.5) is 5.69 Å². The third kappa shape index (κ3) is 8.70. The molecule has 1 N–H and O–H groups in total. The van der Waals surface area contributed by atoms with Crippen molar-refractivity contribution in [3.8, 4) is 0 Å². The fourth-order valence-corrected chi connectivity index (χ4v) is 5.76. The molecule has 7 nitrogen and oxygen atoms in total. The van der Waals surface area contributed by atoms with Crippen LogP contribution in [0.15, 0.2) is 77.3 Å². The van der Waals surface area contributed by atoms with Gasteiger partial charge in [0.25, 0.3) is 0 Å². The summed E-state index contributed by atoms with van der Waals surface area (Å²) in [4.78, 5) is 28.9. The number of hydrogen-bond acceptors (Lipinski definition) is 4. The van der Waals surface area contributed by atoms with Crippen molar-refractivity contribution in [1.82, 2.24) is 10.2 Å². The van der Waals surface area contributed by atoms with Gasteiger partial charge >= 0.3 is 0 Å². The van der Waals surface area contributed by atoms with Gasteiger partial charge in [-0.1, -0.05) is 88.5 Å². The zero-order valence-corrected chi connectivity index (χ0v) is 25.5. The van der Waals surface area contributed by atoms with Crippen molar-refractivity contribution in [2.24, 2.45) is 0 Å². The number of rotatable bonds is 12. The molecule has 1 atom stereocenters. The number of nitrogens with zero attached hydrogens (tertiary/aromatic N) is 2. The molecule has 0 saturated heterocycles. The highest BCUT2D eigenvalue weighted by atomic mass is 79.9. The zero-order chi connectivity index (χ0) is 28.6. The predicted octanol–water partition coefficient (Wildman–Crippen LogP) is 5.69. The first-order valence-corrected chi connectivity index (χ1v) is 15.7. The minimum Gasteiger partial charge on any atom is -0.354 e. The van der Waals surface area contributed by atoms with Gasteiger partial charge in [0.05, 0.1) is 11.9 Å². The van der Waals surface area contributed by atoms with Crippen LogP contribution in [0.2, 0.25) is 10.0 Å². The van der Waals surface area contributed by atoms with Gasteiger partial charge in [0.1, 0.15) is 12.6 Å². The molecule has 208 valence electrons. The quantitative estimate of drug-likeness (QED) is 0.272. The second-order valence-electron chi connectivity index (χ2n) is 8.97. The minimum absolute atomic E-state index is 0.0928. The van der Waals surface area contributed by atoms with Crippen molar-refractivity contribution < 1.29 is 18.0 Å². The molecule has 2 amide bonds. The Balaban J connectivity index is 2.09. The van der Waals surface area contributed by atoms with Gasteiger partial charge in [-0.25, -0.2) is 8.42 Å². The molecule has 0 bridgehead atoms. The highest BCUT2D eigenvalue weighted by Crippen LogP contribution is 2.28. The summed E-state index contributed by atoms with van der Waals surface area (Å²) in [6.45, 7) is 1.74. The van der Waals surface area contributed by atoms with Crippen molar-refractivity contribution in [1.29, 1.82) is 0 Å². The van der Waals surface area contributed by atoms with Crippen LogP contribution in [0.1, 0.15) is 24.5 Å². The summed E-state index contributed by atoms with van der Waals surface area (Å²) in [5.41, 5.74) is 1.61. The predicted molar refractivity (Wildman–Crippen MR) is 161 cm³/mol. The van der Waals surface area contributed by atoms with Crippen LogP contribution in [0.5, 0.6) is 0 Å². The molecule has 39 heavy (non-hydrogen) atoms. The summed E-state index contributed by atoms with van der Waals surface area (Å²) in [5, 5.41) is 3.55. The van der Waals surface area contributed by atoms with E-state index in [0.29, 0.717) is 38.7 Å². The second-order valence-corrected chi connectivity index (χ2v) is 12.6. The summed E-state index contributed by atoms with van der Waals surface area (Å²) < 4.78 is 27.3. The molecular formula is C28H30BrCl2N3O4S. The zero-order valence-electron chi connectivity index (χ0n) is 21.6. The number of amides is 2. The van der Waals surface area contributed by atoms with E-state index in [1.807, 2.05) is 37.3 Å². The van der Waals surface area contributed by atoms with Crippen LogP contribution in [-0.4, -0.2) is 50.5 Å². The molecule has 0 saturated carbocycles. The number of sulfonamides is 1. The standard InChI is InChI=1S/C28H30BrCl2N3O4S/c1-3-15-32-28(36)26(16-20-9-5-4-6-10-20)33(18-23-24(30)13-8-14-25(23)31)27(35)19-34(39(2,37)38)22-12-7-11-21(29)17-22/h4-14,17,26H,3,15-16,18-19H2,1-2H3,(H,32,36)/t26-/m0/s1. The van der Waals surface area contributed by atoms with E-state index in [1.54, 1.807) is 42.5 Å². The summed E-state index contributed by atoms with van der Waals surface area (Å²) >= 11 is 16.3. The van der Waals surface area contributed by atoms with Crippen LogP contribution in [0.3, 0.4) is 0 Å². The number of anilines is 1. The molecule has 0 spiro atoms. The lowest BCUT2D eigenvalue weighted by Gasteiger charge is -2.34. The molecule has 11 heteroatoms. The van der Waals surface area contributed by atoms with Crippen molar-refractivity contribution >= 4 is 66.7 Å². The second kappa shape index (κ2) is 14.2. The third-order valence-electron chi connectivity index (χ3n) is 5.99. The minimum atomic E-state index is -3.86. The Morgan fingerprint density at radius 1 is 0.974 bits per heavy atom. The molecule has 0 aliphatic rings. The Hall–Kier alpha value is -2.59. The van der Waals surface area contributed by atoms with Gasteiger partial charge in [-0.05, 0) is 42.3 Å². The summed E-state index contributed by atoms with van der Waals surface area (Å²) in [6.07, 6.45) is 1.95. The summed E-state index contributed by atoms with van der Waals surface area (Å²) in [5.74, 6) is -0.936. The monoisotopic (exact) mass is 653 g/mol. The van der Waals surface area contributed by atoms with Gasteiger partial charge < -0.3 is 10.2 Å². The molecule has 0 aromatic heterocycles. The van der Waals surface area contributed by atoms with Crippen LogP contribution >= 0.6 is 39.1 Å². The van der Waals surface area contributed by atoms with E-state index < -0.39 is 28.5 Å². The number of carbonyl (C=O) groups excluding carboxylic acids is 2. The fraction of sp³-hybridized carbons (Fsp3) is 0.286. The molecule has 0 fully saturated rings. The summed E-state index contributed by atoms with van der Waals surface area (Å²) in [7, 11) is -3.86. The molecule has 3 aromatic rings. The number of nitrogens with one attached hydrogen (secondary N) is 1. The van der Waals surface area contributed by atoms with Gasteiger partial charge in [0.2, 0.25) is 21.8 Å². The SMILES string of the molecule is CCCNC(=O)[C@H](Cc1ccccc1)N(Cc1c(Cl)cccc1Cl)C(=O)CN(c1cccc(Br)c1)S(C)(=O)=O. The van der Waals surface area contributed by atoms with Gasteiger partial charge in [0.15, 0.2) is 0 Å². The fourth-order valence-electron chi connectivity index (χ4n) is 4.02. The number of halogens is 3. The molecule has 0 radical (unpaired) electrons. The Kier molecular flexibility index (Phi) is 11.2.